The van der Waals surface area contributed by atoms with Gasteiger partial charge in [0.05, 0.1) is 16.6 Å². The zero-order chi connectivity index (χ0) is 18.1. The van der Waals surface area contributed by atoms with Gasteiger partial charge in [-0.15, -0.1) is 0 Å². The first-order valence-electron chi connectivity index (χ1n) is 7.90. The van der Waals surface area contributed by atoms with E-state index < -0.39 is 0 Å². The summed E-state index contributed by atoms with van der Waals surface area (Å²) in [6.07, 6.45) is 0.120. The van der Waals surface area contributed by atoms with Crippen LogP contribution in [0.4, 0.5) is 10.8 Å². The van der Waals surface area contributed by atoms with Gasteiger partial charge in [0.15, 0.2) is 10.7 Å². The van der Waals surface area contributed by atoms with Crippen molar-refractivity contribution in [2.45, 2.75) is 13.3 Å². The average Bonchev–Trinajstić information content (AvgIpc) is 3.17. The van der Waals surface area contributed by atoms with E-state index in [-0.39, 0.29) is 18.2 Å². The molecule has 2 amide bonds. The van der Waals surface area contributed by atoms with Crippen LogP contribution in [0.5, 0.6) is 0 Å². The lowest BCUT2D eigenvalue weighted by Gasteiger charge is -2.03. The fraction of sp³-hybridized carbons (Fsp3) is 0.111. The molecule has 130 valence electrons. The number of rotatable bonds is 4. The Morgan fingerprint density at radius 1 is 1.15 bits per heavy atom. The van der Waals surface area contributed by atoms with E-state index in [1.807, 2.05) is 30.3 Å². The zero-order valence-corrected chi connectivity index (χ0v) is 14.6. The molecular weight excluding hydrogens is 352 g/mol. The maximum Gasteiger partial charge on any atom is 0.230 e. The molecule has 2 aromatic carbocycles. The zero-order valence-electron chi connectivity index (χ0n) is 13.8. The number of fused-ring (bicyclic) bond motifs is 2. The second kappa shape index (κ2) is 6.57. The molecule has 2 aromatic heterocycles. The first-order valence-corrected chi connectivity index (χ1v) is 8.71. The normalized spacial score (nSPS) is 11.0. The molecule has 0 saturated carbocycles. The molecule has 0 atom stereocenters. The topological polar surface area (TPSA) is 97.1 Å². The van der Waals surface area contributed by atoms with Gasteiger partial charge in [-0.25, -0.2) is 4.98 Å². The predicted octanol–water partition coefficient (Wildman–Crippen LogP) is 3.58. The Balaban J connectivity index is 1.51. The number of nitrogens with one attached hydrogen (secondary N) is 2. The van der Waals surface area contributed by atoms with E-state index in [1.54, 1.807) is 12.1 Å². The van der Waals surface area contributed by atoms with Gasteiger partial charge in [0.25, 0.3) is 0 Å². The van der Waals surface area contributed by atoms with Crippen LogP contribution in [0.2, 0.25) is 0 Å². The molecule has 0 saturated heterocycles. The highest BCUT2D eigenvalue weighted by molar-refractivity contribution is 7.22. The van der Waals surface area contributed by atoms with Gasteiger partial charge in [-0.2, -0.15) is 0 Å². The Morgan fingerprint density at radius 3 is 2.85 bits per heavy atom. The van der Waals surface area contributed by atoms with Gasteiger partial charge in [0.2, 0.25) is 11.8 Å². The molecule has 0 aliphatic carbocycles. The molecule has 7 nitrogen and oxygen atoms in total. The first kappa shape index (κ1) is 16.2. The molecule has 0 spiro atoms. The molecule has 2 N–H and O–H groups in total. The molecule has 0 bridgehead atoms. The highest BCUT2D eigenvalue weighted by atomic mass is 32.1. The number of aromatic nitrogens is 2. The minimum absolute atomic E-state index is 0.120. The minimum atomic E-state index is -0.185. The van der Waals surface area contributed by atoms with Crippen molar-refractivity contribution in [3.8, 4) is 0 Å². The van der Waals surface area contributed by atoms with Crippen molar-refractivity contribution in [3.05, 3.63) is 48.2 Å². The quantitative estimate of drug-likeness (QED) is 0.575. The van der Waals surface area contributed by atoms with Crippen LogP contribution in [0.25, 0.3) is 21.2 Å². The molecule has 0 radical (unpaired) electrons. The number of anilines is 2. The van der Waals surface area contributed by atoms with Crippen LogP contribution in [0.3, 0.4) is 0 Å². The fourth-order valence-corrected chi connectivity index (χ4v) is 3.58. The minimum Gasteiger partial charge on any atom is -0.356 e. The lowest BCUT2D eigenvalue weighted by Crippen LogP contribution is -2.14. The molecule has 8 heteroatoms. The molecule has 0 fully saturated rings. The van der Waals surface area contributed by atoms with E-state index in [4.69, 9.17) is 4.52 Å². The van der Waals surface area contributed by atoms with E-state index in [1.165, 1.54) is 18.3 Å². The van der Waals surface area contributed by atoms with Crippen molar-refractivity contribution in [1.29, 1.82) is 0 Å². The van der Waals surface area contributed by atoms with E-state index in [0.717, 1.165) is 15.6 Å². The Labute approximate surface area is 152 Å². The number of para-hydroxylation sites is 1. The summed E-state index contributed by atoms with van der Waals surface area (Å²) in [6.45, 7) is 1.44. The summed E-state index contributed by atoms with van der Waals surface area (Å²) in [6, 6.07) is 12.8. The summed E-state index contributed by atoms with van der Waals surface area (Å²) in [5, 5.41) is 10.9. The highest BCUT2D eigenvalue weighted by Gasteiger charge is 2.13. The van der Waals surface area contributed by atoms with Crippen molar-refractivity contribution in [2.75, 3.05) is 10.6 Å². The number of hydrogen-bond acceptors (Lipinski definition) is 6. The van der Waals surface area contributed by atoms with Crippen LogP contribution >= 0.6 is 11.3 Å². The Hall–Kier alpha value is -3.26. The van der Waals surface area contributed by atoms with Crippen molar-refractivity contribution < 1.29 is 14.1 Å². The Bertz CT molecular complexity index is 1130. The van der Waals surface area contributed by atoms with E-state index >= 15 is 0 Å². The third kappa shape index (κ3) is 3.27. The monoisotopic (exact) mass is 366 g/mol. The molecular formula is C18H14N4O3S. The first-order chi connectivity index (χ1) is 12.6. The Morgan fingerprint density at radius 2 is 2.00 bits per heavy atom. The largest absolute Gasteiger partial charge is 0.356 e. The lowest BCUT2D eigenvalue weighted by molar-refractivity contribution is -0.116. The van der Waals surface area contributed by atoms with Crippen LogP contribution in [-0.2, 0) is 16.0 Å². The van der Waals surface area contributed by atoms with Gasteiger partial charge in [0.1, 0.15) is 5.69 Å². The maximum atomic E-state index is 12.3. The van der Waals surface area contributed by atoms with Crippen molar-refractivity contribution in [3.63, 3.8) is 0 Å². The highest BCUT2D eigenvalue weighted by Crippen LogP contribution is 2.28. The van der Waals surface area contributed by atoms with Gasteiger partial charge in [-0.3, -0.25) is 9.59 Å². The number of amides is 2. The third-order valence-electron chi connectivity index (χ3n) is 3.74. The summed E-state index contributed by atoms with van der Waals surface area (Å²) in [5.41, 5.74) is 2.68. The number of carbonyl (C=O) groups is 2. The van der Waals surface area contributed by atoms with Gasteiger partial charge >= 0.3 is 0 Å². The second-order valence-electron chi connectivity index (χ2n) is 5.73. The summed E-state index contributed by atoms with van der Waals surface area (Å²) in [7, 11) is 0. The molecule has 26 heavy (non-hydrogen) atoms. The van der Waals surface area contributed by atoms with Gasteiger partial charge in [-0.1, -0.05) is 28.6 Å². The van der Waals surface area contributed by atoms with Crippen LogP contribution in [0, 0.1) is 0 Å². The number of carbonyl (C=O) groups excluding carboxylic acids is 2. The SMILES string of the molecule is CC(=O)Nc1nc2ccc(NC(=O)Cc3noc4ccccc34)cc2s1. The smallest absolute Gasteiger partial charge is 0.230 e. The predicted molar refractivity (Wildman–Crippen MR) is 100 cm³/mol. The number of benzene rings is 2. The van der Waals surface area contributed by atoms with Crippen LogP contribution < -0.4 is 10.6 Å². The maximum absolute atomic E-state index is 12.3. The van der Waals surface area contributed by atoms with Crippen molar-refractivity contribution >= 4 is 55.2 Å². The molecule has 4 aromatic rings. The third-order valence-corrected chi connectivity index (χ3v) is 4.67. The standard InChI is InChI=1S/C18H14N4O3S/c1-10(23)19-18-21-13-7-6-11(8-16(13)26-18)20-17(24)9-14-12-4-2-3-5-15(12)25-22-14/h2-8H,9H2,1H3,(H,20,24)(H,19,21,23). The van der Waals surface area contributed by atoms with Crippen LogP contribution in [0.15, 0.2) is 47.0 Å². The number of thiazole rings is 1. The van der Waals surface area contributed by atoms with Crippen molar-refractivity contribution in [1.82, 2.24) is 10.1 Å². The van der Waals surface area contributed by atoms with E-state index in [2.05, 4.69) is 20.8 Å². The van der Waals surface area contributed by atoms with E-state index in [9.17, 15) is 9.59 Å². The van der Waals surface area contributed by atoms with Crippen LogP contribution in [-0.4, -0.2) is 22.0 Å². The van der Waals surface area contributed by atoms with Gasteiger partial charge < -0.3 is 15.2 Å². The number of nitrogens with zero attached hydrogens (tertiary/aromatic N) is 2. The number of hydrogen-bond donors (Lipinski definition) is 2. The molecule has 4 rings (SSSR count). The fourth-order valence-electron chi connectivity index (χ4n) is 2.63. The van der Waals surface area contributed by atoms with Gasteiger partial charge in [0, 0.05) is 18.0 Å². The van der Waals surface area contributed by atoms with Crippen LogP contribution in [0.1, 0.15) is 12.6 Å². The summed E-state index contributed by atoms with van der Waals surface area (Å²) >= 11 is 1.35. The summed E-state index contributed by atoms with van der Waals surface area (Å²) in [4.78, 5) is 27.8. The second-order valence-corrected chi connectivity index (χ2v) is 6.76. The summed E-state index contributed by atoms with van der Waals surface area (Å²) < 4.78 is 6.09. The van der Waals surface area contributed by atoms with Crippen molar-refractivity contribution in [2.24, 2.45) is 0 Å². The van der Waals surface area contributed by atoms with E-state index in [0.29, 0.717) is 22.1 Å². The molecule has 0 aliphatic heterocycles. The lowest BCUT2D eigenvalue weighted by atomic mass is 10.1. The Kier molecular flexibility index (Phi) is 4.10. The van der Waals surface area contributed by atoms with Gasteiger partial charge in [-0.05, 0) is 30.3 Å². The summed E-state index contributed by atoms with van der Waals surface area (Å²) in [5.74, 6) is -0.354. The molecule has 2 heterocycles. The molecule has 0 unspecified atom stereocenters. The molecule has 0 aliphatic rings. The average molecular weight is 366 g/mol.